The average molecular weight is 170 g/mol. The molecule has 1 unspecified atom stereocenters. The zero-order valence-corrected chi connectivity index (χ0v) is 8.26. The van der Waals surface area contributed by atoms with Crippen molar-refractivity contribution in [2.75, 3.05) is 6.61 Å². The molecule has 0 aliphatic rings. The lowest BCUT2D eigenvalue weighted by molar-refractivity contribution is 0.250. The third kappa shape index (κ3) is 6.41. The number of aliphatic hydroxyl groups excluding tert-OH is 1. The summed E-state index contributed by atoms with van der Waals surface area (Å²) in [6, 6.07) is 0. The monoisotopic (exact) mass is 170 g/mol. The number of unbranched alkanes of at least 4 members (excludes halogenated alkanes) is 2. The van der Waals surface area contributed by atoms with E-state index < -0.39 is 0 Å². The van der Waals surface area contributed by atoms with Crippen LogP contribution in [-0.4, -0.2) is 11.7 Å². The van der Waals surface area contributed by atoms with Crippen LogP contribution in [0.1, 0.15) is 45.4 Å². The summed E-state index contributed by atoms with van der Waals surface area (Å²) in [5, 5.41) is 8.79. The molecule has 1 heteroatoms. The fraction of sp³-hybridized carbons (Fsp3) is 0.818. The van der Waals surface area contributed by atoms with Crippen LogP contribution in [0.15, 0.2) is 12.7 Å². The minimum Gasteiger partial charge on any atom is -0.396 e. The maximum Gasteiger partial charge on any atom is 0.0433 e. The molecule has 1 atom stereocenters. The minimum absolute atomic E-state index is 0.324. The molecular weight excluding hydrogens is 148 g/mol. The maximum absolute atomic E-state index is 8.79. The molecule has 0 aliphatic carbocycles. The van der Waals surface area contributed by atoms with Crippen LogP contribution >= 0.6 is 0 Å². The van der Waals surface area contributed by atoms with Crippen molar-refractivity contribution in [3.05, 3.63) is 12.7 Å². The Bertz CT molecular complexity index is 99.2. The van der Waals surface area contributed by atoms with Crippen LogP contribution in [0, 0.1) is 5.92 Å². The first-order valence-corrected chi connectivity index (χ1v) is 5.06. The fourth-order valence-electron chi connectivity index (χ4n) is 1.48. The van der Waals surface area contributed by atoms with E-state index in [1.807, 2.05) is 6.08 Å². The first-order valence-electron chi connectivity index (χ1n) is 5.06. The average Bonchev–Trinajstić information content (AvgIpc) is 2.06. The van der Waals surface area contributed by atoms with Gasteiger partial charge < -0.3 is 5.11 Å². The molecule has 1 N–H and O–H groups in total. The number of aliphatic hydroxyl groups is 1. The molecular formula is C11H22O. The second kappa shape index (κ2) is 8.79. The summed E-state index contributed by atoms with van der Waals surface area (Å²) in [6.45, 7) is 6.27. The lowest BCUT2D eigenvalue weighted by Gasteiger charge is -2.12. The molecule has 0 heterocycles. The van der Waals surface area contributed by atoms with Gasteiger partial charge in [-0.15, -0.1) is 6.58 Å². The Hall–Kier alpha value is -0.300. The van der Waals surface area contributed by atoms with Crippen molar-refractivity contribution < 1.29 is 5.11 Å². The molecule has 0 spiro atoms. The predicted octanol–water partition coefficient (Wildman–Crippen LogP) is 3.14. The largest absolute Gasteiger partial charge is 0.396 e. The topological polar surface area (TPSA) is 20.2 Å². The molecule has 72 valence electrons. The van der Waals surface area contributed by atoms with E-state index in [9.17, 15) is 0 Å². The van der Waals surface area contributed by atoms with Gasteiger partial charge in [-0.2, -0.15) is 0 Å². The Morgan fingerprint density at radius 3 is 2.58 bits per heavy atom. The van der Waals surface area contributed by atoms with Gasteiger partial charge in [0.15, 0.2) is 0 Å². The van der Waals surface area contributed by atoms with E-state index in [0.717, 1.165) is 12.8 Å². The molecule has 0 amide bonds. The number of hydrogen-bond donors (Lipinski definition) is 1. The summed E-state index contributed by atoms with van der Waals surface area (Å²) in [7, 11) is 0. The highest BCUT2D eigenvalue weighted by Gasteiger charge is 2.04. The second-order valence-electron chi connectivity index (χ2n) is 3.40. The van der Waals surface area contributed by atoms with Crippen molar-refractivity contribution >= 4 is 0 Å². The van der Waals surface area contributed by atoms with Gasteiger partial charge >= 0.3 is 0 Å². The fourth-order valence-corrected chi connectivity index (χ4v) is 1.48. The summed E-state index contributed by atoms with van der Waals surface area (Å²) < 4.78 is 0. The standard InChI is InChI=1S/C11H22O/c1-3-5-6-8-11(7-4-2)9-10-12/h4,11-12H,2-3,5-10H2,1H3. The van der Waals surface area contributed by atoms with Gasteiger partial charge in [0.2, 0.25) is 0 Å². The van der Waals surface area contributed by atoms with Crippen LogP contribution in [0.2, 0.25) is 0 Å². The molecule has 0 saturated carbocycles. The van der Waals surface area contributed by atoms with Crippen LogP contribution in [0.4, 0.5) is 0 Å². The normalized spacial score (nSPS) is 12.8. The van der Waals surface area contributed by atoms with Gasteiger partial charge in [0.1, 0.15) is 0 Å². The molecule has 0 saturated heterocycles. The Labute approximate surface area is 76.5 Å². The van der Waals surface area contributed by atoms with E-state index in [-0.39, 0.29) is 0 Å². The summed E-state index contributed by atoms with van der Waals surface area (Å²) in [6.07, 6.45) is 9.11. The predicted molar refractivity (Wildman–Crippen MR) is 54.1 cm³/mol. The summed E-state index contributed by atoms with van der Waals surface area (Å²) in [5.41, 5.74) is 0. The van der Waals surface area contributed by atoms with Crippen LogP contribution in [0.5, 0.6) is 0 Å². The molecule has 0 radical (unpaired) electrons. The van der Waals surface area contributed by atoms with Crippen molar-refractivity contribution in [1.82, 2.24) is 0 Å². The zero-order chi connectivity index (χ0) is 9.23. The molecule has 0 fully saturated rings. The Kier molecular flexibility index (Phi) is 8.57. The van der Waals surface area contributed by atoms with E-state index in [1.54, 1.807) is 0 Å². The lowest BCUT2D eigenvalue weighted by atomic mass is 9.95. The molecule has 1 nitrogen and oxygen atoms in total. The van der Waals surface area contributed by atoms with E-state index in [4.69, 9.17) is 5.11 Å². The molecule has 0 aromatic rings. The number of hydrogen-bond acceptors (Lipinski definition) is 1. The highest BCUT2D eigenvalue weighted by molar-refractivity contribution is 4.72. The Morgan fingerprint density at radius 2 is 2.08 bits per heavy atom. The van der Waals surface area contributed by atoms with Crippen molar-refractivity contribution in [2.24, 2.45) is 5.92 Å². The van der Waals surface area contributed by atoms with Gasteiger partial charge in [0.25, 0.3) is 0 Å². The Morgan fingerprint density at radius 1 is 1.33 bits per heavy atom. The van der Waals surface area contributed by atoms with Crippen LogP contribution in [0.25, 0.3) is 0 Å². The van der Waals surface area contributed by atoms with E-state index in [2.05, 4.69) is 13.5 Å². The molecule has 0 aromatic heterocycles. The first-order chi connectivity index (χ1) is 5.85. The molecule has 0 rings (SSSR count). The van der Waals surface area contributed by atoms with Gasteiger partial charge in [0, 0.05) is 6.61 Å². The molecule has 0 aliphatic heterocycles. The number of rotatable bonds is 8. The van der Waals surface area contributed by atoms with E-state index >= 15 is 0 Å². The van der Waals surface area contributed by atoms with Gasteiger partial charge in [-0.25, -0.2) is 0 Å². The zero-order valence-electron chi connectivity index (χ0n) is 8.26. The van der Waals surface area contributed by atoms with Gasteiger partial charge in [-0.05, 0) is 18.8 Å². The van der Waals surface area contributed by atoms with Crippen molar-refractivity contribution in [2.45, 2.75) is 45.4 Å². The van der Waals surface area contributed by atoms with Crippen LogP contribution < -0.4 is 0 Å². The minimum atomic E-state index is 0.324. The quantitative estimate of drug-likeness (QED) is 0.438. The summed E-state index contributed by atoms with van der Waals surface area (Å²) >= 11 is 0. The van der Waals surface area contributed by atoms with Gasteiger partial charge in [-0.3, -0.25) is 0 Å². The Balaban J connectivity index is 3.40. The summed E-state index contributed by atoms with van der Waals surface area (Å²) in [4.78, 5) is 0. The third-order valence-corrected chi connectivity index (χ3v) is 2.25. The van der Waals surface area contributed by atoms with Crippen molar-refractivity contribution in [3.63, 3.8) is 0 Å². The molecule has 0 bridgehead atoms. The highest BCUT2D eigenvalue weighted by atomic mass is 16.3. The van der Waals surface area contributed by atoms with Crippen LogP contribution in [0.3, 0.4) is 0 Å². The van der Waals surface area contributed by atoms with Gasteiger partial charge in [-0.1, -0.05) is 38.7 Å². The highest BCUT2D eigenvalue weighted by Crippen LogP contribution is 2.17. The first kappa shape index (κ1) is 11.7. The third-order valence-electron chi connectivity index (χ3n) is 2.25. The SMILES string of the molecule is C=CCC(CCO)CCCCC. The van der Waals surface area contributed by atoms with Gasteiger partial charge in [0.05, 0.1) is 0 Å². The molecule has 0 aromatic carbocycles. The van der Waals surface area contributed by atoms with Crippen molar-refractivity contribution in [3.8, 4) is 0 Å². The summed E-state index contributed by atoms with van der Waals surface area (Å²) in [5.74, 6) is 0.666. The molecule has 12 heavy (non-hydrogen) atoms. The maximum atomic E-state index is 8.79. The van der Waals surface area contributed by atoms with Crippen LogP contribution in [-0.2, 0) is 0 Å². The van der Waals surface area contributed by atoms with E-state index in [0.29, 0.717) is 12.5 Å². The lowest BCUT2D eigenvalue weighted by Crippen LogP contribution is -2.01. The van der Waals surface area contributed by atoms with Crippen molar-refractivity contribution in [1.29, 1.82) is 0 Å². The van der Waals surface area contributed by atoms with E-state index in [1.165, 1.54) is 25.7 Å². The second-order valence-corrected chi connectivity index (χ2v) is 3.40. The number of allylic oxidation sites excluding steroid dienone is 1. The smallest absolute Gasteiger partial charge is 0.0433 e.